The molecule has 4 heteroatoms. The summed E-state index contributed by atoms with van der Waals surface area (Å²) in [6.45, 7) is 0. The van der Waals surface area contributed by atoms with Crippen molar-refractivity contribution >= 4 is 17.6 Å². The van der Waals surface area contributed by atoms with Crippen molar-refractivity contribution < 1.29 is 14.1 Å². The molecule has 1 aromatic rings. The molecule has 0 unspecified atom stereocenters. The third-order valence-corrected chi connectivity index (χ3v) is 1.66. The van der Waals surface area contributed by atoms with Gasteiger partial charge in [-0.15, -0.1) is 0 Å². The largest absolute Gasteiger partial charge is 0.505 e. The first-order chi connectivity index (χ1) is 5.24. The third kappa shape index (κ3) is 1.81. The summed E-state index contributed by atoms with van der Waals surface area (Å²) in [5.74, 6) is -0.979. The van der Waals surface area contributed by atoms with Gasteiger partial charge in [-0.1, -0.05) is 0 Å². The molecule has 1 N–H and O–H groups in total. The molecule has 0 aliphatic heterocycles. The van der Waals surface area contributed by atoms with Crippen LogP contribution < -0.4 is 0 Å². The first kappa shape index (κ1) is 7.81. The van der Waals surface area contributed by atoms with E-state index in [0.29, 0.717) is 16.6 Å². The topological polar surface area (TPSA) is 54.4 Å². The fourth-order valence-electron chi connectivity index (χ4n) is 0.653. The summed E-state index contributed by atoms with van der Waals surface area (Å²) in [6, 6.07) is 5.79. The number of carbonyl (C=O) groups is 1. The first-order valence-electron chi connectivity index (χ1n) is 2.87. The Hall–Kier alpha value is -1.29. The Labute approximate surface area is 67.2 Å². The molecule has 1 aromatic carbocycles. The second kappa shape index (κ2) is 3.21. The smallest absolute Gasteiger partial charge is 0.478 e. The average molecular weight is 169 g/mol. The summed E-state index contributed by atoms with van der Waals surface area (Å²) < 4.78 is 10.2. The standard InChI is InChI=1S/C7H4O3S/c8-7(9)5-1-3-6(11-10)4-2-5/h1-4H/p+1. The summed E-state index contributed by atoms with van der Waals surface area (Å²) in [6.07, 6.45) is 0. The minimum absolute atomic E-state index is 0.197. The summed E-state index contributed by atoms with van der Waals surface area (Å²) in [4.78, 5) is 10.8. The van der Waals surface area contributed by atoms with Crippen LogP contribution in [0, 0.1) is 0 Å². The quantitative estimate of drug-likeness (QED) is 0.676. The maximum absolute atomic E-state index is 10.3. The SMILES string of the molecule is O=[S+]c1ccc(C(=O)O)cc1. The zero-order valence-corrected chi connectivity index (χ0v) is 6.30. The second-order valence-electron chi connectivity index (χ2n) is 1.91. The Balaban J connectivity index is 3.00. The van der Waals surface area contributed by atoms with Gasteiger partial charge in [0.2, 0.25) is 0 Å². The molecule has 0 aliphatic carbocycles. The molecule has 0 aromatic heterocycles. The molecule has 0 aliphatic rings. The predicted octanol–water partition coefficient (Wildman–Crippen LogP) is 1.17. The van der Waals surface area contributed by atoms with Gasteiger partial charge in [0.25, 0.3) is 4.90 Å². The molecule has 0 fully saturated rings. The summed E-state index contributed by atoms with van der Waals surface area (Å²) in [5, 5.41) is 8.46. The Morgan fingerprint density at radius 2 is 1.82 bits per heavy atom. The molecule has 56 valence electrons. The Morgan fingerprint density at radius 1 is 1.27 bits per heavy atom. The van der Waals surface area contributed by atoms with E-state index in [1.165, 1.54) is 24.3 Å². The van der Waals surface area contributed by atoms with E-state index in [9.17, 15) is 9.00 Å². The molecular formula is C7H5O3S+. The molecule has 0 saturated carbocycles. The lowest BCUT2D eigenvalue weighted by molar-refractivity contribution is 0.0697. The Kier molecular flexibility index (Phi) is 2.28. The van der Waals surface area contributed by atoms with Gasteiger partial charge < -0.3 is 5.11 Å². The molecule has 0 bridgehead atoms. The lowest BCUT2D eigenvalue weighted by Crippen LogP contribution is -1.94. The highest BCUT2D eigenvalue weighted by molar-refractivity contribution is 7.65. The van der Waals surface area contributed by atoms with Crippen LogP contribution in [0.5, 0.6) is 0 Å². The molecule has 0 heterocycles. The van der Waals surface area contributed by atoms with Crippen LogP contribution in [0.1, 0.15) is 10.4 Å². The van der Waals surface area contributed by atoms with E-state index in [1.54, 1.807) is 0 Å². The normalized spacial score (nSPS) is 9.09. The van der Waals surface area contributed by atoms with Gasteiger partial charge in [-0.3, -0.25) is 0 Å². The van der Waals surface area contributed by atoms with E-state index in [-0.39, 0.29) is 5.56 Å². The van der Waals surface area contributed by atoms with Crippen LogP contribution in [-0.2, 0) is 15.9 Å². The van der Waals surface area contributed by atoms with Gasteiger partial charge in [0.05, 0.1) is 5.56 Å². The molecule has 0 amide bonds. The lowest BCUT2D eigenvalue weighted by Gasteiger charge is -1.87. The Morgan fingerprint density at radius 3 is 2.18 bits per heavy atom. The van der Waals surface area contributed by atoms with Gasteiger partial charge >= 0.3 is 17.6 Å². The fourth-order valence-corrected chi connectivity index (χ4v) is 0.900. The lowest BCUT2D eigenvalue weighted by atomic mass is 10.2. The number of carboxylic acid groups (broad SMARTS) is 1. The zero-order valence-electron chi connectivity index (χ0n) is 5.48. The van der Waals surface area contributed by atoms with Crippen LogP contribution in [0.15, 0.2) is 29.2 Å². The van der Waals surface area contributed by atoms with Crippen molar-refractivity contribution in [2.75, 3.05) is 0 Å². The van der Waals surface area contributed by atoms with Gasteiger partial charge in [-0.2, -0.15) is 0 Å². The molecule has 11 heavy (non-hydrogen) atoms. The molecular weight excluding hydrogens is 164 g/mol. The van der Waals surface area contributed by atoms with Crippen LogP contribution >= 0.6 is 0 Å². The van der Waals surface area contributed by atoms with Gasteiger partial charge in [0.15, 0.2) is 0 Å². The highest BCUT2D eigenvalue weighted by Gasteiger charge is 2.07. The van der Waals surface area contributed by atoms with E-state index < -0.39 is 5.97 Å². The summed E-state index contributed by atoms with van der Waals surface area (Å²) >= 11 is 0.346. The third-order valence-electron chi connectivity index (χ3n) is 1.20. The number of hydrogen-bond acceptors (Lipinski definition) is 2. The van der Waals surface area contributed by atoms with E-state index in [1.807, 2.05) is 0 Å². The zero-order chi connectivity index (χ0) is 8.27. The number of hydrogen-bond donors (Lipinski definition) is 1. The maximum Gasteiger partial charge on any atom is 0.505 e. The minimum atomic E-state index is -0.979. The number of rotatable bonds is 2. The molecule has 0 radical (unpaired) electrons. The molecule has 0 atom stereocenters. The van der Waals surface area contributed by atoms with Gasteiger partial charge in [0, 0.05) is 16.3 Å². The van der Waals surface area contributed by atoms with Crippen molar-refractivity contribution in [2.45, 2.75) is 4.90 Å². The van der Waals surface area contributed by atoms with Crippen LogP contribution in [-0.4, -0.2) is 11.1 Å². The van der Waals surface area contributed by atoms with Crippen molar-refractivity contribution in [1.29, 1.82) is 0 Å². The van der Waals surface area contributed by atoms with Crippen LogP contribution in [0.2, 0.25) is 0 Å². The second-order valence-corrected chi connectivity index (χ2v) is 2.55. The van der Waals surface area contributed by atoms with Crippen molar-refractivity contribution in [3.05, 3.63) is 29.8 Å². The monoisotopic (exact) mass is 169 g/mol. The number of benzene rings is 1. The maximum atomic E-state index is 10.3. The van der Waals surface area contributed by atoms with Gasteiger partial charge in [0.1, 0.15) is 0 Å². The number of aromatic carboxylic acids is 1. The Bertz CT molecular complexity index is 278. The number of carboxylic acids is 1. The highest BCUT2D eigenvalue weighted by Crippen LogP contribution is 2.03. The van der Waals surface area contributed by atoms with E-state index >= 15 is 0 Å². The van der Waals surface area contributed by atoms with E-state index in [0.717, 1.165) is 0 Å². The van der Waals surface area contributed by atoms with Crippen molar-refractivity contribution in [2.24, 2.45) is 0 Å². The fraction of sp³-hybridized carbons (Fsp3) is 0. The first-order valence-corrected chi connectivity index (χ1v) is 3.61. The minimum Gasteiger partial charge on any atom is -0.478 e. The molecule has 3 nitrogen and oxygen atoms in total. The molecule has 1 rings (SSSR count). The van der Waals surface area contributed by atoms with Crippen LogP contribution in [0.3, 0.4) is 0 Å². The van der Waals surface area contributed by atoms with Crippen molar-refractivity contribution in [1.82, 2.24) is 0 Å². The van der Waals surface area contributed by atoms with Crippen molar-refractivity contribution in [3.63, 3.8) is 0 Å². The summed E-state index contributed by atoms with van der Waals surface area (Å²) in [7, 11) is 0. The van der Waals surface area contributed by atoms with Crippen LogP contribution in [0.4, 0.5) is 0 Å². The molecule has 0 spiro atoms. The molecule has 0 saturated heterocycles. The van der Waals surface area contributed by atoms with Gasteiger partial charge in [-0.25, -0.2) is 4.79 Å². The average Bonchev–Trinajstić information content (AvgIpc) is 2.05. The van der Waals surface area contributed by atoms with Crippen LogP contribution in [0.25, 0.3) is 0 Å². The van der Waals surface area contributed by atoms with Crippen molar-refractivity contribution in [3.8, 4) is 0 Å². The predicted molar refractivity (Wildman–Crippen MR) is 39.7 cm³/mol. The van der Waals surface area contributed by atoms with E-state index in [4.69, 9.17) is 5.11 Å². The summed E-state index contributed by atoms with van der Waals surface area (Å²) in [5.41, 5.74) is 0.197. The van der Waals surface area contributed by atoms with Gasteiger partial charge in [-0.05, 0) is 12.1 Å². The van der Waals surface area contributed by atoms with E-state index in [2.05, 4.69) is 0 Å². The highest BCUT2D eigenvalue weighted by atomic mass is 32.1.